The Balaban J connectivity index is 2.06. The summed E-state index contributed by atoms with van der Waals surface area (Å²) in [7, 11) is 0. The van der Waals surface area contributed by atoms with Crippen molar-refractivity contribution < 1.29 is 14.3 Å². The van der Waals surface area contributed by atoms with Gasteiger partial charge in [0.15, 0.2) is 0 Å². The molecule has 0 radical (unpaired) electrons. The van der Waals surface area contributed by atoms with Crippen molar-refractivity contribution in [2.24, 2.45) is 0 Å². The molecule has 1 amide bonds. The summed E-state index contributed by atoms with van der Waals surface area (Å²) >= 11 is 1.67. The SMILES string of the molecule is CCCCCc1ccc(C(=O)N2C(CC)SCC2C(=O)OCCCC)cc1. The number of ether oxygens (including phenoxy) is 1. The molecule has 1 aliphatic heterocycles. The molecule has 150 valence electrons. The molecule has 1 heterocycles. The van der Waals surface area contributed by atoms with Crippen molar-refractivity contribution in [3.63, 3.8) is 0 Å². The fraction of sp³-hybridized carbons (Fsp3) is 0.636. The molecule has 0 bridgehead atoms. The second kappa shape index (κ2) is 11.4. The van der Waals surface area contributed by atoms with Crippen molar-refractivity contribution >= 4 is 23.6 Å². The number of hydrogen-bond acceptors (Lipinski definition) is 4. The maximum atomic E-state index is 13.1. The Bertz CT molecular complexity index is 602. The molecule has 0 N–H and O–H groups in total. The summed E-state index contributed by atoms with van der Waals surface area (Å²) in [6, 6.07) is 7.41. The van der Waals surface area contributed by atoms with Crippen LogP contribution in [0.3, 0.4) is 0 Å². The second-order valence-electron chi connectivity index (χ2n) is 7.10. The molecule has 1 aliphatic rings. The molecule has 0 aliphatic carbocycles. The van der Waals surface area contributed by atoms with Crippen LogP contribution in [0, 0.1) is 0 Å². The zero-order valence-electron chi connectivity index (χ0n) is 16.9. The van der Waals surface area contributed by atoms with E-state index >= 15 is 0 Å². The van der Waals surface area contributed by atoms with Crippen LogP contribution < -0.4 is 0 Å². The first-order valence-corrected chi connectivity index (χ1v) is 11.4. The fourth-order valence-electron chi connectivity index (χ4n) is 3.29. The summed E-state index contributed by atoms with van der Waals surface area (Å²) in [4.78, 5) is 27.4. The minimum absolute atomic E-state index is 0.0328. The van der Waals surface area contributed by atoms with Gasteiger partial charge in [0.05, 0.1) is 12.0 Å². The number of unbranched alkanes of at least 4 members (excludes halogenated alkanes) is 3. The Hall–Kier alpha value is -1.49. The van der Waals surface area contributed by atoms with Crippen molar-refractivity contribution in [3.05, 3.63) is 35.4 Å². The molecule has 5 heteroatoms. The monoisotopic (exact) mass is 391 g/mol. The summed E-state index contributed by atoms with van der Waals surface area (Å²) in [5.74, 6) is 0.283. The van der Waals surface area contributed by atoms with Crippen LogP contribution in [0.25, 0.3) is 0 Å². The average Bonchev–Trinajstić information content (AvgIpc) is 3.12. The van der Waals surface area contributed by atoms with Crippen LogP contribution in [-0.2, 0) is 16.0 Å². The lowest BCUT2D eigenvalue weighted by molar-refractivity contribution is -0.148. The molecule has 2 atom stereocenters. The molecule has 0 spiro atoms. The molecule has 2 rings (SSSR count). The van der Waals surface area contributed by atoms with Crippen LogP contribution in [0.1, 0.15) is 75.2 Å². The van der Waals surface area contributed by atoms with E-state index in [9.17, 15) is 9.59 Å². The molecular formula is C22H33NO3S. The van der Waals surface area contributed by atoms with Gasteiger partial charge in [0.1, 0.15) is 6.04 Å². The van der Waals surface area contributed by atoms with Crippen LogP contribution in [0.15, 0.2) is 24.3 Å². The quantitative estimate of drug-likeness (QED) is 0.413. The zero-order valence-corrected chi connectivity index (χ0v) is 17.7. The number of nitrogens with zero attached hydrogens (tertiary/aromatic N) is 1. The van der Waals surface area contributed by atoms with E-state index in [1.807, 2.05) is 24.3 Å². The van der Waals surface area contributed by atoms with Crippen molar-refractivity contribution in [1.29, 1.82) is 0 Å². The van der Waals surface area contributed by atoms with Gasteiger partial charge < -0.3 is 9.64 Å². The van der Waals surface area contributed by atoms with E-state index in [1.165, 1.54) is 24.8 Å². The molecule has 1 aromatic rings. The third-order valence-electron chi connectivity index (χ3n) is 4.96. The largest absolute Gasteiger partial charge is 0.464 e. The van der Waals surface area contributed by atoms with E-state index in [0.717, 1.165) is 25.7 Å². The Morgan fingerprint density at radius 3 is 2.41 bits per heavy atom. The normalized spacial score (nSPS) is 19.3. The van der Waals surface area contributed by atoms with Gasteiger partial charge in [-0.1, -0.05) is 52.2 Å². The number of benzene rings is 1. The van der Waals surface area contributed by atoms with E-state index in [1.54, 1.807) is 16.7 Å². The summed E-state index contributed by atoms with van der Waals surface area (Å²) in [5.41, 5.74) is 1.92. The lowest BCUT2D eigenvalue weighted by Gasteiger charge is -2.28. The van der Waals surface area contributed by atoms with Gasteiger partial charge in [-0.25, -0.2) is 4.79 Å². The van der Waals surface area contributed by atoms with Crippen LogP contribution in [0.4, 0.5) is 0 Å². The van der Waals surface area contributed by atoms with Crippen LogP contribution in [0.2, 0.25) is 0 Å². The van der Waals surface area contributed by atoms with Crippen LogP contribution in [0.5, 0.6) is 0 Å². The first kappa shape index (κ1) is 21.8. The molecule has 1 aromatic carbocycles. The summed E-state index contributed by atoms with van der Waals surface area (Å²) in [5, 5.41) is 0.0328. The summed E-state index contributed by atoms with van der Waals surface area (Å²) in [6.07, 6.45) is 7.32. The first-order valence-electron chi connectivity index (χ1n) is 10.3. The van der Waals surface area contributed by atoms with E-state index in [2.05, 4.69) is 20.8 Å². The van der Waals surface area contributed by atoms with E-state index < -0.39 is 6.04 Å². The van der Waals surface area contributed by atoms with E-state index in [-0.39, 0.29) is 17.3 Å². The minimum atomic E-state index is -0.478. The smallest absolute Gasteiger partial charge is 0.329 e. The number of esters is 1. The highest BCUT2D eigenvalue weighted by atomic mass is 32.2. The third kappa shape index (κ3) is 6.00. The maximum absolute atomic E-state index is 13.1. The predicted molar refractivity (Wildman–Crippen MR) is 112 cm³/mol. The van der Waals surface area contributed by atoms with Gasteiger partial charge in [-0.3, -0.25) is 4.79 Å². The molecule has 1 saturated heterocycles. The van der Waals surface area contributed by atoms with Gasteiger partial charge in [-0.15, -0.1) is 11.8 Å². The van der Waals surface area contributed by atoms with Crippen LogP contribution in [-0.4, -0.2) is 40.6 Å². The maximum Gasteiger partial charge on any atom is 0.329 e. The molecule has 27 heavy (non-hydrogen) atoms. The highest BCUT2D eigenvalue weighted by Crippen LogP contribution is 2.33. The highest BCUT2D eigenvalue weighted by molar-refractivity contribution is 8.00. The number of aryl methyl sites for hydroxylation is 1. The Labute approximate surface area is 168 Å². The molecule has 0 aromatic heterocycles. The fourth-order valence-corrected chi connectivity index (χ4v) is 4.63. The van der Waals surface area contributed by atoms with Crippen molar-refractivity contribution in [2.75, 3.05) is 12.4 Å². The number of rotatable bonds is 10. The van der Waals surface area contributed by atoms with Gasteiger partial charge in [-0.05, 0) is 43.4 Å². The molecule has 1 fully saturated rings. The summed E-state index contributed by atoms with van der Waals surface area (Å²) < 4.78 is 5.40. The number of carbonyl (C=O) groups is 2. The third-order valence-corrected chi connectivity index (χ3v) is 6.41. The first-order chi connectivity index (χ1) is 13.1. The van der Waals surface area contributed by atoms with Crippen molar-refractivity contribution in [3.8, 4) is 0 Å². The van der Waals surface area contributed by atoms with E-state index in [0.29, 0.717) is 17.9 Å². The van der Waals surface area contributed by atoms with Gasteiger partial charge >= 0.3 is 5.97 Å². The van der Waals surface area contributed by atoms with Crippen LogP contribution >= 0.6 is 11.8 Å². The zero-order chi connectivity index (χ0) is 19.6. The van der Waals surface area contributed by atoms with Gasteiger partial charge in [0.25, 0.3) is 5.91 Å². The number of amides is 1. The lowest BCUT2D eigenvalue weighted by Crippen LogP contribution is -2.46. The second-order valence-corrected chi connectivity index (χ2v) is 8.31. The lowest BCUT2D eigenvalue weighted by atomic mass is 10.0. The average molecular weight is 392 g/mol. The predicted octanol–water partition coefficient (Wildman–Crippen LogP) is 5.06. The minimum Gasteiger partial charge on any atom is -0.464 e. The Morgan fingerprint density at radius 1 is 1.07 bits per heavy atom. The highest BCUT2D eigenvalue weighted by Gasteiger charge is 2.41. The number of thioether (sulfide) groups is 1. The van der Waals surface area contributed by atoms with Gasteiger partial charge in [-0.2, -0.15) is 0 Å². The molecular weight excluding hydrogens is 358 g/mol. The van der Waals surface area contributed by atoms with Gasteiger partial charge in [0.2, 0.25) is 0 Å². The summed E-state index contributed by atoms with van der Waals surface area (Å²) in [6.45, 7) is 6.75. The van der Waals surface area contributed by atoms with Crippen molar-refractivity contribution in [2.45, 2.75) is 77.1 Å². The molecule has 4 nitrogen and oxygen atoms in total. The van der Waals surface area contributed by atoms with Gasteiger partial charge in [0, 0.05) is 11.3 Å². The Morgan fingerprint density at radius 2 is 1.78 bits per heavy atom. The molecule has 0 saturated carbocycles. The Kier molecular flexibility index (Phi) is 9.19. The topological polar surface area (TPSA) is 46.6 Å². The number of hydrogen-bond donors (Lipinski definition) is 0. The number of carbonyl (C=O) groups excluding carboxylic acids is 2. The van der Waals surface area contributed by atoms with Crippen molar-refractivity contribution in [1.82, 2.24) is 4.90 Å². The van der Waals surface area contributed by atoms with E-state index in [4.69, 9.17) is 4.74 Å². The standard InChI is InChI=1S/C22H33NO3S/c1-4-7-9-10-17-11-13-18(14-12-17)21(24)23-19(16-27-20(23)6-3)22(25)26-15-8-5-2/h11-14,19-20H,4-10,15-16H2,1-3H3. The molecule has 2 unspecified atom stereocenters.